The van der Waals surface area contributed by atoms with Crippen molar-refractivity contribution in [2.75, 3.05) is 6.61 Å². The number of aliphatic hydroxyl groups excluding tert-OH is 1. The van der Waals surface area contributed by atoms with Crippen LogP contribution >= 0.6 is 0 Å². The van der Waals surface area contributed by atoms with Gasteiger partial charge in [0.1, 0.15) is 12.9 Å². The van der Waals surface area contributed by atoms with E-state index in [-0.39, 0.29) is 46.6 Å². The molecule has 2 N–H and O–H groups in total. The standard InChI is InChI=1S/C23H32O5/c1-21-7-5-18-19(3-2-15-11-16(25)4-8-22(15,18)13-24)23(21,27)9-6-17(21)14-10-20(26)28-12-14/h10,13,15-19,25,27H,2-9,11-12H2,1H3/t15-,16?,17?,18?,19?,21?,22?,23?/m1/s1. The van der Waals surface area contributed by atoms with E-state index >= 15 is 0 Å². The minimum absolute atomic E-state index is 0.131. The minimum Gasteiger partial charge on any atom is -0.458 e. The summed E-state index contributed by atoms with van der Waals surface area (Å²) >= 11 is 0. The van der Waals surface area contributed by atoms with Crippen molar-refractivity contribution in [3.05, 3.63) is 11.6 Å². The van der Waals surface area contributed by atoms with Crippen LogP contribution in [0.3, 0.4) is 0 Å². The Morgan fingerprint density at radius 2 is 1.93 bits per heavy atom. The zero-order chi connectivity index (χ0) is 19.7. The van der Waals surface area contributed by atoms with Gasteiger partial charge < -0.3 is 19.7 Å². The summed E-state index contributed by atoms with van der Waals surface area (Å²) in [6.45, 7) is 2.57. The first-order chi connectivity index (χ1) is 13.3. The Labute approximate surface area is 166 Å². The summed E-state index contributed by atoms with van der Waals surface area (Å²) in [6.07, 6.45) is 10.1. The van der Waals surface area contributed by atoms with Gasteiger partial charge in [0, 0.05) is 16.9 Å². The maximum Gasteiger partial charge on any atom is 0.331 e. The maximum absolute atomic E-state index is 12.4. The molecular formula is C23H32O5. The van der Waals surface area contributed by atoms with Crippen molar-refractivity contribution < 1.29 is 24.5 Å². The summed E-state index contributed by atoms with van der Waals surface area (Å²) < 4.78 is 5.17. The predicted octanol–water partition coefficient (Wildman–Crippen LogP) is 2.78. The molecule has 4 fully saturated rings. The predicted molar refractivity (Wildman–Crippen MR) is 102 cm³/mol. The highest BCUT2D eigenvalue weighted by atomic mass is 16.5. The molecule has 0 spiro atoms. The average molecular weight is 389 g/mol. The Balaban J connectivity index is 1.49. The van der Waals surface area contributed by atoms with Crippen molar-refractivity contribution in [1.29, 1.82) is 0 Å². The molecule has 5 heteroatoms. The highest BCUT2D eigenvalue weighted by molar-refractivity contribution is 5.85. The normalized spacial score (nSPS) is 52.9. The molecule has 5 rings (SSSR count). The fourth-order valence-electron chi connectivity index (χ4n) is 8.31. The van der Waals surface area contributed by atoms with E-state index in [1.165, 1.54) is 6.29 Å². The highest BCUT2D eigenvalue weighted by Gasteiger charge is 2.68. The number of rotatable bonds is 2. The average Bonchev–Trinajstić information content (AvgIpc) is 3.22. The number of carbonyl (C=O) groups is 2. The number of aliphatic hydroxyl groups is 2. The first-order valence-electron chi connectivity index (χ1n) is 11.1. The number of aldehydes is 1. The van der Waals surface area contributed by atoms with Crippen molar-refractivity contribution in [2.45, 2.75) is 76.4 Å². The quantitative estimate of drug-likeness (QED) is 0.561. The minimum atomic E-state index is -0.788. The Kier molecular flexibility index (Phi) is 4.13. The highest BCUT2D eigenvalue weighted by Crippen LogP contribution is 2.69. The Morgan fingerprint density at radius 1 is 1.11 bits per heavy atom. The molecule has 154 valence electrons. The van der Waals surface area contributed by atoms with Gasteiger partial charge >= 0.3 is 5.97 Å². The van der Waals surface area contributed by atoms with Gasteiger partial charge in [0.05, 0.1) is 11.7 Å². The molecule has 7 unspecified atom stereocenters. The Hall–Kier alpha value is -1.20. The number of hydrogen-bond donors (Lipinski definition) is 2. The second kappa shape index (κ2) is 6.15. The third-order valence-corrected chi connectivity index (χ3v) is 9.74. The number of carbonyl (C=O) groups excluding carboxylic acids is 2. The van der Waals surface area contributed by atoms with Crippen LogP contribution in [0.15, 0.2) is 11.6 Å². The first-order valence-corrected chi connectivity index (χ1v) is 11.1. The van der Waals surface area contributed by atoms with E-state index in [2.05, 4.69) is 6.92 Å². The van der Waals surface area contributed by atoms with Crippen molar-refractivity contribution in [2.24, 2.45) is 34.5 Å². The monoisotopic (exact) mass is 388 g/mol. The fraction of sp³-hybridized carbons (Fsp3) is 0.826. The van der Waals surface area contributed by atoms with Gasteiger partial charge in [-0.3, -0.25) is 0 Å². The summed E-state index contributed by atoms with van der Waals surface area (Å²) in [5, 5.41) is 22.3. The van der Waals surface area contributed by atoms with Gasteiger partial charge in [-0.25, -0.2) is 4.79 Å². The van der Waals surface area contributed by atoms with Gasteiger partial charge in [-0.05, 0) is 87.0 Å². The third-order valence-electron chi connectivity index (χ3n) is 9.74. The maximum atomic E-state index is 12.4. The van der Waals surface area contributed by atoms with Gasteiger partial charge in [0.2, 0.25) is 0 Å². The van der Waals surface area contributed by atoms with Crippen LogP contribution in [0.2, 0.25) is 0 Å². The molecule has 5 nitrogen and oxygen atoms in total. The second-order valence-electron chi connectivity index (χ2n) is 10.4. The molecule has 0 aromatic carbocycles. The summed E-state index contributed by atoms with van der Waals surface area (Å²) in [4.78, 5) is 24.1. The molecule has 0 aromatic rings. The van der Waals surface area contributed by atoms with Crippen molar-refractivity contribution in [3.8, 4) is 0 Å². The lowest BCUT2D eigenvalue weighted by Gasteiger charge is -2.62. The van der Waals surface area contributed by atoms with Crippen molar-refractivity contribution in [3.63, 3.8) is 0 Å². The molecule has 8 atom stereocenters. The van der Waals surface area contributed by atoms with Crippen LogP contribution in [0.4, 0.5) is 0 Å². The number of esters is 1. The van der Waals surface area contributed by atoms with Gasteiger partial charge in [-0.2, -0.15) is 0 Å². The number of hydrogen-bond acceptors (Lipinski definition) is 5. The van der Waals surface area contributed by atoms with E-state index in [1.54, 1.807) is 6.08 Å². The topological polar surface area (TPSA) is 83.8 Å². The fourth-order valence-corrected chi connectivity index (χ4v) is 8.31. The molecular weight excluding hydrogens is 356 g/mol. The molecule has 28 heavy (non-hydrogen) atoms. The van der Waals surface area contributed by atoms with E-state index < -0.39 is 5.60 Å². The van der Waals surface area contributed by atoms with Crippen LogP contribution in [0.25, 0.3) is 0 Å². The lowest BCUT2D eigenvalue weighted by molar-refractivity contribution is -0.207. The van der Waals surface area contributed by atoms with Crippen LogP contribution in [-0.4, -0.2) is 40.8 Å². The summed E-state index contributed by atoms with van der Waals surface area (Å²) in [6, 6.07) is 0. The molecule has 0 bridgehead atoms. The van der Waals surface area contributed by atoms with Gasteiger partial charge in [0.25, 0.3) is 0 Å². The Bertz CT molecular complexity index is 731. The van der Waals surface area contributed by atoms with Crippen molar-refractivity contribution in [1.82, 2.24) is 0 Å². The molecule has 0 amide bonds. The molecule has 1 heterocycles. The van der Waals surface area contributed by atoms with Crippen molar-refractivity contribution >= 4 is 12.3 Å². The lowest BCUT2D eigenvalue weighted by atomic mass is 9.43. The molecule has 4 saturated carbocycles. The van der Waals surface area contributed by atoms with Gasteiger partial charge in [-0.15, -0.1) is 0 Å². The van der Waals surface area contributed by atoms with Crippen LogP contribution < -0.4 is 0 Å². The first kappa shape index (κ1) is 18.8. The van der Waals surface area contributed by atoms with Crippen LogP contribution in [0, 0.1) is 34.5 Å². The third kappa shape index (κ3) is 2.26. The molecule has 4 aliphatic carbocycles. The van der Waals surface area contributed by atoms with E-state index in [0.717, 1.165) is 56.9 Å². The summed E-state index contributed by atoms with van der Waals surface area (Å²) in [7, 11) is 0. The smallest absolute Gasteiger partial charge is 0.331 e. The zero-order valence-electron chi connectivity index (χ0n) is 16.7. The molecule has 0 saturated heterocycles. The summed E-state index contributed by atoms with van der Waals surface area (Å²) in [5.74, 6) is 0.519. The number of cyclic esters (lactones) is 1. The Morgan fingerprint density at radius 3 is 2.64 bits per heavy atom. The number of fused-ring (bicyclic) bond motifs is 5. The zero-order valence-corrected chi connectivity index (χ0v) is 16.7. The van der Waals surface area contributed by atoms with E-state index in [0.29, 0.717) is 13.0 Å². The van der Waals surface area contributed by atoms with Crippen LogP contribution in [0.5, 0.6) is 0 Å². The molecule has 0 radical (unpaired) electrons. The lowest BCUT2D eigenvalue weighted by Crippen LogP contribution is -2.63. The van der Waals surface area contributed by atoms with E-state index in [9.17, 15) is 19.8 Å². The molecule has 0 aromatic heterocycles. The van der Waals surface area contributed by atoms with Crippen LogP contribution in [0.1, 0.15) is 64.7 Å². The largest absolute Gasteiger partial charge is 0.458 e. The second-order valence-corrected chi connectivity index (χ2v) is 10.4. The SMILES string of the molecule is CC12CCC3C(CC[C@@H]4CC(O)CCC34C=O)C1(O)CCC2C1=CC(=O)OC1. The van der Waals surface area contributed by atoms with Gasteiger partial charge in [0.15, 0.2) is 0 Å². The van der Waals surface area contributed by atoms with E-state index in [1.807, 2.05) is 0 Å². The van der Waals surface area contributed by atoms with Gasteiger partial charge in [-0.1, -0.05) is 6.92 Å². The number of ether oxygens (including phenoxy) is 1. The molecule has 5 aliphatic rings. The summed E-state index contributed by atoms with van der Waals surface area (Å²) in [5.41, 5.74) is -0.381. The van der Waals surface area contributed by atoms with E-state index in [4.69, 9.17) is 4.74 Å². The molecule has 1 aliphatic heterocycles. The van der Waals surface area contributed by atoms with Crippen LogP contribution in [-0.2, 0) is 14.3 Å².